The minimum atomic E-state index is -0.272. The fourth-order valence-electron chi connectivity index (χ4n) is 1.73. The summed E-state index contributed by atoms with van der Waals surface area (Å²) >= 11 is 0. The summed E-state index contributed by atoms with van der Waals surface area (Å²) in [5, 5.41) is 0. The fraction of sp³-hybridized carbons (Fsp3) is 0.571. The van der Waals surface area contributed by atoms with Crippen LogP contribution in [0.15, 0.2) is 18.2 Å². The average Bonchev–Trinajstić information content (AvgIpc) is 3.12. The van der Waals surface area contributed by atoms with Gasteiger partial charge < -0.3 is 10.5 Å². The van der Waals surface area contributed by atoms with Gasteiger partial charge in [0.25, 0.3) is 0 Å². The van der Waals surface area contributed by atoms with Gasteiger partial charge in [-0.05, 0) is 49.3 Å². The van der Waals surface area contributed by atoms with Crippen molar-refractivity contribution < 1.29 is 9.13 Å². The molecule has 0 spiro atoms. The molecule has 1 aromatic rings. The predicted octanol–water partition coefficient (Wildman–Crippen LogP) is 3.32. The molecule has 2 nitrogen and oxygen atoms in total. The molecule has 0 aromatic heterocycles. The Morgan fingerprint density at radius 1 is 1.44 bits per heavy atom. The first-order valence-corrected chi connectivity index (χ1v) is 6.36. The van der Waals surface area contributed by atoms with Gasteiger partial charge in [-0.2, -0.15) is 0 Å². The Labute approximate surface area is 114 Å². The van der Waals surface area contributed by atoms with E-state index in [1.807, 2.05) is 13.0 Å². The Morgan fingerprint density at radius 2 is 2.17 bits per heavy atom. The second kappa shape index (κ2) is 6.95. The smallest absolute Gasteiger partial charge is 0.165 e. The lowest BCUT2D eigenvalue weighted by Crippen LogP contribution is -2.21. The minimum absolute atomic E-state index is 0. The Hall–Kier alpha value is -0.800. The van der Waals surface area contributed by atoms with Crippen LogP contribution in [0.5, 0.6) is 5.75 Å². The highest BCUT2D eigenvalue weighted by molar-refractivity contribution is 5.85. The molecule has 1 fully saturated rings. The number of benzene rings is 1. The minimum Gasteiger partial charge on any atom is -0.490 e. The molecule has 0 bridgehead atoms. The zero-order valence-corrected chi connectivity index (χ0v) is 11.5. The highest BCUT2D eigenvalue weighted by Crippen LogP contribution is 2.30. The van der Waals surface area contributed by atoms with Gasteiger partial charge in [0.1, 0.15) is 0 Å². The van der Waals surface area contributed by atoms with Crippen LogP contribution in [0.1, 0.15) is 31.7 Å². The van der Waals surface area contributed by atoms with Crippen LogP contribution in [0.4, 0.5) is 4.39 Å². The summed E-state index contributed by atoms with van der Waals surface area (Å²) < 4.78 is 19.2. The molecule has 0 saturated heterocycles. The third kappa shape index (κ3) is 4.46. The standard InChI is InChI=1S/C14H20FNO.ClH/c1-2-12(16)7-11-5-6-14(13(15)8-11)17-9-10-3-4-10;/h5-6,8,10,12H,2-4,7,9,16H2,1H3;1H. The Balaban J connectivity index is 0.00000162. The summed E-state index contributed by atoms with van der Waals surface area (Å²) in [5.41, 5.74) is 6.79. The largest absolute Gasteiger partial charge is 0.490 e. The maximum absolute atomic E-state index is 13.7. The van der Waals surface area contributed by atoms with Crippen LogP contribution in [0.2, 0.25) is 0 Å². The maximum atomic E-state index is 13.7. The number of hydrogen-bond acceptors (Lipinski definition) is 2. The Kier molecular flexibility index (Phi) is 5.89. The average molecular weight is 274 g/mol. The van der Waals surface area contributed by atoms with E-state index >= 15 is 0 Å². The topological polar surface area (TPSA) is 35.2 Å². The van der Waals surface area contributed by atoms with E-state index in [0.29, 0.717) is 18.3 Å². The van der Waals surface area contributed by atoms with Gasteiger partial charge in [0.2, 0.25) is 0 Å². The second-order valence-electron chi connectivity index (χ2n) is 4.89. The van der Waals surface area contributed by atoms with Crippen LogP contribution in [0.25, 0.3) is 0 Å². The fourth-order valence-corrected chi connectivity index (χ4v) is 1.73. The monoisotopic (exact) mass is 273 g/mol. The van der Waals surface area contributed by atoms with Gasteiger partial charge in [-0.25, -0.2) is 4.39 Å². The predicted molar refractivity (Wildman–Crippen MR) is 73.8 cm³/mol. The van der Waals surface area contributed by atoms with Crippen LogP contribution in [0, 0.1) is 11.7 Å². The van der Waals surface area contributed by atoms with Gasteiger partial charge in [-0.15, -0.1) is 12.4 Å². The molecule has 0 heterocycles. The summed E-state index contributed by atoms with van der Waals surface area (Å²) in [6.45, 7) is 2.68. The van der Waals surface area contributed by atoms with E-state index in [4.69, 9.17) is 10.5 Å². The van der Waals surface area contributed by atoms with Crippen molar-refractivity contribution in [3.8, 4) is 5.75 Å². The van der Waals surface area contributed by atoms with Crippen molar-refractivity contribution >= 4 is 12.4 Å². The van der Waals surface area contributed by atoms with E-state index < -0.39 is 0 Å². The van der Waals surface area contributed by atoms with E-state index in [1.165, 1.54) is 18.9 Å². The van der Waals surface area contributed by atoms with Crippen molar-refractivity contribution in [2.75, 3.05) is 6.61 Å². The molecule has 0 aliphatic heterocycles. The van der Waals surface area contributed by atoms with Gasteiger partial charge >= 0.3 is 0 Å². The lowest BCUT2D eigenvalue weighted by molar-refractivity contribution is 0.285. The van der Waals surface area contributed by atoms with Crippen LogP contribution in [-0.4, -0.2) is 12.6 Å². The summed E-state index contributed by atoms with van der Waals surface area (Å²) in [4.78, 5) is 0. The zero-order chi connectivity index (χ0) is 12.3. The molecular formula is C14H21ClFNO. The molecule has 1 aliphatic rings. The van der Waals surface area contributed by atoms with Crippen molar-refractivity contribution in [1.82, 2.24) is 0 Å². The van der Waals surface area contributed by atoms with Gasteiger partial charge in [-0.1, -0.05) is 13.0 Å². The SMILES string of the molecule is CCC(N)Cc1ccc(OCC2CC2)c(F)c1.Cl. The lowest BCUT2D eigenvalue weighted by Gasteiger charge is -2.11. The van der Waals surface area contributed by atoms with E-state index in [-0.39, 0.29) is 24.3 Å². The number of hydrogen-bond donors (Lipinski definition) is 1. The number of rotatable bonds is 6. The first kappa shape index (κ1) is 15.3. The molecular weight excluding hydrogens is 253 g/mol. The molecule has 18 heavy (non-hydrogen) atoms. The van der Waals surface area contributed by atoms with Crippen LogP contribution in [0.3, 0.4) is 0 Å². The van der Waals surface area contributed by atoms with Crippen LogP contribution in [-0.2, 0) is 6.42 Å². The summed E-state index contributed by atoms with van der Waals surface area (Å²) in [5.74, 6) is 0.736. The summed E-state index contributed by atoms with van der Waals surface area (Å²) in [7, 11) is 0. The third-order valence-corrected chi connectivity index (χ3v) is 3.19. The zero-order valence-electron chi connectivity index (χ0n) is 10.7. The molecule has 1 atom stereocenters. The summed E-state index contributed by atoms with van der Waals surface area (Å²) in [6, 6.07) is 5.27. The third-order valence-electron chi connectivity index (χ3n) is 3.19. The maximum Gasteiger partial charge on any atom is 0.165 e. The molecule has 2 rings (SSSR count). The number of ether oxygens (including phenoxy) is 1. The molecule has 102 valence electrons. The van der Waals surface area contributed by atoms with E-state index in [0.717, 1.165) is 18.4 Å². The molecule has 0 radical (unpaired) electrons. The normalized spacial score (nSPS) is 15.9. The second-order valence-corrected chi connectivity index (χ2v) is 4.89. The number of nitrogens with two attached hydrogens (primary N) is 1. The van der Waals surface area contributed by atoms with E-state index in [2.05, 4.69) is 0 Å². The van der Waals surface area contributed by atoms with Crippen molar-refractivity contribution in [3.05, 3.63) is 29.6 Å². The molecule has 4 heteroatoms. The first-order valence-electron chi connectivity index (χ1n) is 6.36. The van der Waals surface area contributed by atoms with E-state index in [9.17, 15) is 4.39 Å². The van der Waals surface area contributed by atoms with Crippen LogP contribution >= 0.6 is 12.4 Å². The quantitative estimate of drug-likeness (QED) is 0.863. The Morgan fingerprint density at radius 3 is 2.72 bits per heavy atom. The van der Waals surface area contributed by atoms with E-state index in [1.54, 1.807) is 6.07 Å². The van der Waals surface area contributed by atoms with Crippen LogP contribution < -0.4 is 10.5 Å². The van der Waals surface area contributed by atoms with Gasteiger partial charge in [0, 0.05) is 6.04 Å². The van der Waals surface area contributed by atoms with Crippen molar-refractivity contribution in [2.24, 2.45) is 11.7 Å². The Bertz CT molecular complexity index is 382. The molecule has 1 unspecified atom stereocenters. The molecule has 1 saturated carbocycles. The lowest BCUT2D eigenvalue weighted by atomic mass is 10.0. The molecule has 2 N–H and O–H groups in total. The molecule has 1 aliphatic carbocycles. The van der Waals surface area contributed by atoms with Gasteiger partial charge in [-0.3, -0.25) is 0 Å². The molecule has 0 amide bonds. The van der Waals surface area contributed by atoms with Gasteiger partial charge in [0.15, 0.2) is 11.6 Å². The van der Waals surface area contributed by atoms with Gasteiger partial charge in [0.05, 0.1) is 6.61 Å². The molecule has 1 aromatic carbocycles. The van der Waals surface area contributed by atoms with Crippen molar-refractivity contribution in [2.45, 2.75) is 38.6 Å². The summed E-state index contributed by atoms with van der Waals surface area (Å²) in [6.07, 6.45) is 4.05. The highest BCUT2D eigenvalue weighted by atomic mass is 35.5. The first-order chi connectivity index (χ1) is 8.19. The number of halogens is 2. The highest BCUT2D eigenvalue weighted by Gasteiger charge is 2.22. The van der Waals surface area contributed by atoms with Crippen molar-refractivity contribution in [3.63, 3.8) is 0 Å². The van der Waals surface area contributed by atoms with Crippen molar-refractivity contribution in [1.29, 1.82) is 0 Å².